The summed E-state index contributed by atoms with van der Waals surface area (Å²) in [5, 5.41) is 0. The molecule has 1 fully saturated rings. The van der Waals surface area contributed by atoms with Gasteiger partial charge in [0.1, 0.15) is 5.82 Å². The summed E-state index contributed by atoms with van der Waals surface area (Å²) in [6, 6.07) is 14.0. The highest BCUT2D eigenvalue weighted by Crippen LogP contribution is 2.28. The number of nitrogens with zero attached hydrogens (tertiary/aromatic N) is 6. The van der Waals surface area contributed by atoms with Gasteiger partial charge in [0, 0.05) is 57.0 Å². The second kappa shape index (κ2) is 7.50. The zero-order chi connectivity index (χ0) is 19.6. The Hall–Kier alpha value is -3.48. The average molecular weight is 386 g/mol. The normalized spacial score (nSPS) is 16.1. The Bertz CT molecular complexity index is 999. The second-order valence-corrected chi connectivity index (χ2v) is 7.27. The van der Waals surface area contributed by atoms with E-state index in [-0.39, 0.29) is 5.91 Å². The molecule has 29 heavy (non-hydrogen) atoms. The minimum absolute atomic E-state index is 0.0403. The van der Waals surface area contributed by atoms with Crippen molar-refractivity contribution in [1.29, 1.82) is 0 Å². The lowest BCUT2D eigenvalue weighted by Crippen LogP contribution is -2.47. The van der Waals surface area contributed by atoms with Crippen molar-refractivity contribution in [2.24, 2.45) is 0 Å². The number of fused-ring (bicyclic) bond motifs is 1. The Labute approximate surface area is 169 Å². The molecule has 2 aliphatic rings. The van der Waals surface area contributed by atoms with Crippen LogP contribution in [0.1, 0.15) is 15.9 Å². The molecule has 0 radical (unpaired) electrons. The predicted octanol–water partition coefficient (Wildman–Crippen LogP) is 2.40. The number of piperazine rings is 1. The molecule has 3 aromatic rings. The maximum atomic E-state index is 12.9. The Morgan fingerprint density at radius 3 is 2.28 bits per heavy atom. The second-order valence-electron chi connectivity index (χ2n) is 7.27. The van der Waals surface area contributed by atoms with E-state index in [1.807, 2.05) is 47.5 Å². The molecule has 0 N–H and O–H groups in total. The van der Waals surface area contributed by atoms with Crippen LogP contribution in [0.4, 0.5) is 17.5 Å². The van der Waals surface area contributed by atoms with E-state index in [1.165, 1.54) is 5.56 Å². The van der Waals surface area contributed by atoms with Crippen LogP contribution < -0.4 is 14.7 Å². The van der Waals surface area contributed by atoms with Crippen LogP contribution in [0.3, 0.4) is 0 Å². The van der Waals surface area contributed by atoms with E-state index in [4.69, 9.17) is 0 Å². The zero-order valence-corrected chi connectivity index (χ0v) is 16.1. The molecule has 1 aromatic carbocycles. The monoisotopic (exact) mass is 386 g/mol. The lowest BCUT2D eigenvalue weighted by molar-refractivity contribution is 0.0988. The highest BCUT2D eigenvalue weighted by atomic mass is 16.2. The van der Waals surface area contributed by atoms with E-state index in [2.05, 4.69) is 30.8 Å². The summed E-state index contributed by atoms with van der Waals surface area (Å²) in [5.74, 6) is 1.63. The molecule has 0 aliphatic carbocycles. The smallest absolute Gasteiger partial charge is 0.261 e. The van der Waals surface area contributed by atoms with E-state index in [0.717, 1.165) is 44.1 Å². The number of benzene rings is 1. The summed E-state index contributed by atoms with van der Waals surface area (Å²) in [7, 11) is 0. The fourth-order valence-electron chi connectivity index (χ4n) is 3.98. The van der Waals surface area contributed by atoms with Gasteiger partial charge in [0.05, 0.1) is 5.56 Å². The minimum atomic E-state index is -0.0403. The van der Waals surface area contributed by atoms with Gasteiger partial charge in [-0.3, -0.25) is 4.79 Å². The standard InChI is InChI=1S/C22H22N6O/c29-21(28-10-8-17-5-1-2-6-19(17)28)18-15-24-22(25-16-18)27-13-11-26(12-14-27)20-7-3-4-9-23-20/h1-7,9,15-16H,8,10-14H2. The van der Waals surface area contributed by atoms with E-state index in [0.29, 0.717) is 18.1 Å². The molecule has 7 nitrogen and oxygen atoms in total. The van der Waals surface area contributed by atoms with Crippen molar-refractivity contribution in [3.63, 3.8) is 0 Å². The first-order valence-corrected chi connectivity index (χ1v) is 9.92. The summed E-state index contributed by atoms with van der Waals surface area (Å²) >= 11 is 0. The summed E-state index contributed by atoms with van der Waals surface area (Å²) in [4.78, 5) is 32.5. The molecule has 7 heteroatoms. The summed E-state index contributed by atoms with van der Waals surface area (Å²) in [6.07, 6.45) is 6.01. The molecule has 2 aromatic heterocycles. The molecule has 0 atom stereocenters. The van der Waals surface area contributed by atoms with Gasteiger partial charge in [-0.15, -0.1) is 0 Å². The molecule has 146 valence electrons. The first-order chi connectivity index (χ1) is 14.3. The van der Waals surface area contributed by atoms with Gasteiger partial charge < -0.3 is 14.7 Å². The number of anilines is 3. The summed E-state index contributed by atoms with van der Waals surface area (Å²) in [6.45, 7) is 4.08. The van der Waals surface area contributed by atoms with Gasteiger partial charge in [0.2, 0.25) is 5.95 Å². The number of amides is 1. The Morgan fingerprint density at radius 1 is 0.793 bits per heavy atom. The fourth-order valence-corrected chi connectivity index (χ4v) is 3.98. The molecule has 4 heterocycles. The van der Waals surface area contributed by atoms with Crippen molar-refractivity contribution in [2.75, 3.05) is 47.4 Å². The third-order valence-electron chi connectivity index (χ3n) is 5.55. The van der Waals surface area contributed by atoms with Crippen LogP contribution in [0.25, 0.3) is 0 Å². The lowest BCUT2D eigenvalue weighted by atomic mass is 10.2. The number of hydrogen-bond acceptors (Lipinski definition) is 6. The van der Waals surface area contributed by atoms with Gasteiger partial charge in [0.25, 0.3) is 5.91 Å². The van der Waals surface area contributed by atoms with Gasteiger partial charge in [-0.2, -0.15) is 0 Å². The van der Waals surface area contributed by atoms with Crippen LogP contribution in [0.2, 0.25) is 0 Å². The van der Waals surface area contributed by atoms with Crippen LogP contribution in [0.15, 0.2) is 61.1 Å². The molecule has 0 saturated carbocycles. The maximum absolute atomic E-state index is 12.9. The van der Waals surface area contributed by atoms with E-state index in [1.54, 1.807) is 12.4 Å². The third kappa shape index (κ3) is 3.40. The number of hydrogen-bond donors (Lipinski definition) is 0. The topological polar surface area (TPSA) is 65.5 Å². The quantitative estimate of drug-likeness (QED) is 0.689. The number of aromatic nitrogens is 3. The Balaban J connectivity index is 1.25. The zero-order valence-electron chi connectivity index (χ0n) is 16.1. The van der Waals surface area contributed by atoms with Crippen molar-refractivity contribution < 1.29 is 4.79 Å². The molecule has 0 bridgehead atoms. The van der Waals surface area contributed by atoms with Gasteiger partial charge in [-0.1, -0.05) is 24.3 Å². The lowest BCUT2D eigenvalue weighted by Gasteiger charge is -2.35. The number of para-hydroxylation sites is 1. The van der Waals surface area contributed by atoms with Gasteiger partial charge in [-0.05, 0) is 30.2 Å². The van der Waals surface area contributed by atoms with Crippen LogP contribution in [0.5, 0.6) is 0 Å². The largest absolute Gasteiger partial charge is 0.353 e. The number of carbonyl (C=O) groups excluding carboxylic acids is 1. The van der Waals surface area contributed by atoms with Gasteiger partial charge in [-0.25, -0.2) is 15.0 Å². The van der Waals surface area contributed by atoms with Crippen molar-refractivity contribution in [3.8, 4) is 0 Å². The first kappa shape index (κ1) is 17.6. The first-order valence-electron chi connectivity index (χ1n) is 9.92. The SMILES string of the molecule is O=C(c1cnc(N2CCN(c3ccccn3)CC2)nc1)N1CCc2ccccc21. The minimum Gasteiger partial charge on any atom is -0.353 e. The van der Waals surface area contributed by atoms with Crippen LogP contribution in [0, 0.1) is 0 Å². The van der Waals surface area contributed by atoms with Gasteiger partial charge >= 0.3 is 0 Å². The summed E-state index contributed by atoms with van der Waals surface area (Å²) < 4.78 is 0. The number of carbonyl (C=O) groups is 1. The highest BCUT2D eigenvalue weighted by Gasteiger charge is 2.26. The Morgan fingerprint density at radius 2 is 1.52 bits per heavy atom. The van der Waals surface area contributed by atoms with E-state index >= 15 is 0 Å². The number of rotatable bonds is 3. The average Bonchev–Trinajstić information content (AvgIpc) is 3.24. The molecule has 1 amide bonds. The van der Waals surface area contributed by atoms with Crippen LogP contribution in [-0.2, 0) is 6.42 Å². The molecule has 1 saturated heterocycles. The fraction of sp³-hybridized carbons (Fsp3) is 0.273. The van der Waals surface area contributed by atoms with Crippen LogP contribution >= 0.6 is 0 Å². The maximum Gasteiger partial charge on any atom is 0.261 e. The van der Waals surface area contributed by atoms with Crippen molar-refractivity contribution in [3.05, 3.63) is 72.2 Å². The Kier molecular flexibility index (Phi) is 4.56. The molecular formula is C22H22N6O. The van der Waals surface area contributed by atoms with E-state index in [9.17, 15) is 4.79 Å². The van der Waals surface area contributed by atoms with Crippen molar-refractivity contribution in [2.45, 2.75) is 6.42 Å². The highest BCUT2D eigenvalue weighted by molar-refractivity contribution is 6.06. The molecular weight excluding hydrogens is 364 g/mol. The van der Waals surface area contributed by atoms with E-state index < -0.39 is 0 Å². The van der Waals surface area contributed by atoms with Crippen molar-refractivity contribution >= 4 is 23.4 Å². The molecule has 2 aliphatic heterocycles. The van der Waals surface area contributed by atoms with Crippen LogP contribution in [-0.4, -0.2) is 53.6 Å². The molecule has 0 unspecified atom stereocenters. The number of pyridine rings is 1. The predicted molar refractivity (Wildman–Crippen MR) is 113 cm³/mol. The summed E-state index contributed by atoms with van der Waals surface area (Å²) in [5.41, 5.74) is 2.73. The molecule has 5 rings (SSSR count). The van der Waals surface area contributed by atoms with Crippen molar-refractivity contribution in [1.82, 2.24) is 15.0 Å². The third-order valence-corrected chi connectivity index (χ3v) is 5.55. The van der Waals surface area contributed by atoms with Gasteiger partial charge in [0.15, 0.2) is 0 Å². The molecule has 0 spiro atoms.